The fraction of sp³-hybridized carbons (Fsp3) is 0.522. The van der Waals surface area contributed by atoms with E-state index in [1.54, 1.807) is 13.8 Å². The van der Waals surface area contributed by atoms with Gasteiger partial charge in [0.15, 0.2) is 6.10 Å². The highest BCUT2D eigenvalue weighted by atomic mass is 32.2. The number of hydrogen-bond donors (Lipinski definition) is 2. The van der Waals surface area contributed by atoms with Crippen molar-refractivity contribution in [1.82, 2.24) is 14.6 Å². The van der Waals surface area contributed by atoms with Crippen molar-refractivity contribution in [1.29, 1.82) is 0 Å². The van der Waals surface area contributed by atoms with Crippen LogP contribution in [0.4, 0.5) is 0 Å². The number of aromatic amines is 1. The van der Waals surface area contributed by atoms with Gasteiger partial charge in [-0.25, -0.2) is 13.2 Å². The highest BCUT2D eigenvalue weighted by Crippen LogP contribution is 2.24. The maximum atomic E-state index is 12.9. The largest absolute Gasteiger partial charge is 0.449 e. The third-order valence-electron chi connectivity index (χ3n) is 5.98. The zero-order valence-corrected chi connectivity index (χ0v) is 20.0. The quantitative estimate of drug-likeness (QED) is 0.563. The molecule has 3 rings (SSSR count). The maximum absolute atomic E-state index is 12.9. The molecule has 0 aliphatic heterocycles. The van der Waals surface area contributed by atoms with E-state index in [0.717, 1.165) is 38.2 Å². The first-order valence-electron chi connectivity index (χ1n) is 11.4. The van der Waals surface area contributed by atoms with Crippen LogP contribution in [0.2, 0.25) is 0 Å². The smallest absolute Gasteiger partial charge is 0.339 e. The van der Waals surface area contributed by atoms with E-state index in [4.69, 9.17) is 4.74 Å². The molecular formula is C23H31N3O6S. The first-order chi connectivity index (χ1) is 15.7. The van der Waals surface area contributed by atoms with Crippen molar-refractivity contribution in [2.24, 2.45) is 0 Å². The average Bonchev–Trinajstić information content (AvgIpc) is 2.79. The highest BCUT2D eigenvalue weighted by molar-refractivity contribution is 7.89. The number of aromatic nitrogens is 1. The molecule has 1 saturated carbocycles. The van der Waals surface area contributed by atoms with Crippen molar-refractivity contribution in [3.05, 3.63) is 40.2 Å². The molecule has 1 aliphatic carbocycles. The lowest BCUT2D eigenvalue weighted by Crippen LogP contribution is -2.42. The van der Waals surface area contributed by atoms with Crippen LogP contribution >= 0.6 is 0 Å². The Balaban J connectivity index is 1.88. The molecule has 2 aromatic rings. The molecule has 0 radical (unpaired) electrons. The molecule has 0 saturated heterocycles. The number of nitrogens with one attached hydrogen (secondary N) is 2. The number of nitrogens with zero attached hydrogens (tertiary/aromatic N) is 1. The molecule has 1 heterocycles. The molecule has 0 bridgehead atoms. The van der Waals surface area contributed by atoms with Gasteiger partial charge in [-0.2, -0.15) is 4.31 Å². The number of pyridine rings is 1. The first-order valence-corrected chi connectivity index (χ1v) is 12.8. The fourth-order valence-electron chi connectivity index (χ4n) is 4.12. The summed E-state index contributed by atoms with van der Waals surface area (Å²) in [5.74, 6) is -1.26. The average molecular weight is 478 g/mol. The predicted octanol–water partition coefficient (Wildman–Crippen LogP) is 2.55. The van der Waals surface area contributed by atoms with E-state index in [2.05, 4.69) is 10.3 Å². The Hall–Kier alpha value is -2.72. The standard InChI is InChI=1S/C23H31N3O6S/c1-4-26(5-2)33(30,31)17-11-12-20-18(13-17)19(14-21(27)25-20)23(29)32-15(3)22(28)24-16-9-7-6-8-10-16/h11-16H,4-10H2,1-3H3,(H,24,28)(H,25,27)/t15-/m0/s1. The Kier molecular flexibility index (Phi) is 7.91. The fourth-order valence-corrected chi connectivity index (χ4v) is 5.60. The summed E-state index contributed by atoms with van der Waals surface area (Å²) < 4.78 is 32.5. The monoisotopic (exact) mass is 477 g/mol. The number of carbonyl (C=O) groups is 2. The summed E-state index contributed by atoms with van der Waals surface area (Å²) in [4.78, 5) is 40.1. The first kappa shape index (κ1) is 24.9. The number of fused-ring (bicyclic) bond motifs is 1. The Morgan fingerprint density at radius 1 is 1.15 bits per heavy atom. The molecule has 1 amide bonds. The van der Waals surface area contributed by atoms with Gasteiger partial charge in [0, 0.05) is 36.1 Å². The zero-order valence-electron chi connectivity index (χ0n) is 19.2. The predicted molar refractivity (Wildman–Crippen MR) is 125 cm³/mol. The molecule has 1 aromatic carbocycles. The van der Waals surface area contributed by atoms with Gasteiger partial charge in [0.25, 0.3) is 5.91 Å². The molecule has 1 fully saturated rings. The summed E-state index contributed by atoms with van der Waals surface area (Å²) in [6.45, 7) is 5.54. The molecule has 9 nitrogen and oxygen atoms in total. The molecule has 1 atom stereocenters. The molecule has 1 aromatic heterocycles. The number of ether oxygens (including phenoxy) is 1. The number of amides is 1. The number of sulfonamides is 1. The van der Waals surface area contributed by atoms with Crippen LogP contribution < -0.4 is 10.9 Å². The Labute approximate surface area is 193 Å². The molecule has 180 valence electrons. The summed E-state index contributed by atoms with van der Waals surface area (Å²) in [6, 6.07) is 5.32. The maximum Gasteiger partial charge on any atom is 0.339 e. The van der Waals surface area contributed by atoms with Crippen LogP contribution in [0, 0.1) is 0 Å². The molecule has 0 spiro atoms. The molecule has 0 unspecified atom stereocenters. The third kappa shape index (κ3) is 5.62. The van der Waals surface area contributed by atoms with Crippen molar-refractivity contribution in [3.8, 4) is 0 Å². The number of hydrogen-bond acceptors (Lipinski definition) is 6. The minimum Gasteiger partial charge on any atom is -0.449 e. The lowest BCUT2D eigenvalue weighted by molar-refractivity contribution is -0.130. The van der Waals surface area contributed by atoms with Crippen LogP contribution in [0.3, 0.4) is 0 Å². The van der Waals surface area contributed by atoms with Gasteiger partial charge >= 0.3 is 5.97 Å². The van der Waals surface area contributed by atoms with Gasteiger partial charge in [0.1, 0.15) is 0 Å². The second-order valence-electron chi connectivity index (χ2n) is 8.24. The van der Waals surface area contributed by atoms with Crippen molar-refractivity contribution in [2.45, 2.75) is 69.9 Å². The van der Waals surface area contributed by atoms with Crippen molar-refractivity contribution in [2.75, 3.05) is 13.1 Å². The van der Waals surface area contributed by atoms with Gasteiger partial charge in [0.2, 0.25) is 15.6 Å². The summed E-state index contributed by atoms with van der Waals surface area (Å²) in [5, 5.41) is 3.14. The molecule has 2 N–H and O–H groups in total. The van der Waals surface area contributed by atoms with Crippen LogP contribution in [0.5, 0.6) is 0 Å². The zero-order chi connectivity index (χ0) is 24.2. The van der Waals surface area contributed by atoms with Gasteiger partial charge in [-0.15, -0.1) is 0 Å². The van der Waals surface area contributed by atoms with Gasteiger partial charge in [-0.3, -0.25) is 9.59 Å². The van der Waals surface area contributed by atoms with Crippen LogP contribution in [-0.2, 0) is 19.6 Å². The summed E-state index contributed by atoms with van der Waals surface area (Å²) in [7, 11) is -3.77. The Morgan fingerprint density at radius 3 is 2.45 bits per heavy atom. The number of esters is 1. The number of H-pyrrole nitrogens is 1. The lowest BCUT2D eigenvalue weighted by atomic mass is 9.95. The van der Waals surface area contributed by atoms with Crippen LogP contribution in [-0.4, -0.2) is 54.8 Å². The molecule has 10 heteroatoms. The second-order valence-corrected chi connectivity index (χ2v) is 10.2. The lowest BCUT2D eigenvalue weighted by Gasteiger charge is -2.24. The summed E-state index contributed by atoms with van der Waals surface area (Å²) in [6.07, 6.45) is 3.99. The van der Waals surface area contributed by atoms with E-state index < -0.39 is 33.6 Å². The second kappa shape index (κ2) is 10.5. The summed E-state index contributed by atoms with van der Waals surface area (Å²) in [5.41, 5.74) is -0.331. The topological polar surface area (TPSA) is 126 Å². The van der Waals surface area contributed by atoms with E-state index >= 15 is 0 Å². The molecule has 33 heavy (non-hydrogen) atoms. The molecular weight excluding hydrogens is 446 g/mol. The third-order valence-corrected chi connectivity index (χ3v) is 8.03. The minimum atomic E-state index is -3.77. The van der Waals surface area contributed by atoms with Crippen LogP contribution in [0.1, 0.15) is 63.2 Å². The SMILES string of the molecule is CCN(CC)S(=O)(=O)c1ccc2[nH]c(=O)cc(C(=O)O[C@@H](C)C(=O)NC3CCCCC3)c2c1. The van der Waals surface area contributed by atoms with Gasteiger partial charge in [0.05, 0.1) is 10.5 Å². The number of carbonyl (C=O) groups excluding carboxylic acids is 2. The van der Waals surface area contributed by atoms with Crippen LogP contribution in [0.25, 0.3) is 10.9 Å². The number of rotatable bonds is 8. The van der Waals surface area contributed by atoms with E-state index in [9.17, 15) is 22.8 Å². The van der Waals surface area contributed by atoms with Gasteiger partial charge in [-0.05, 0) is 38.0 Å². The van der Waals surface area contributed by atoms with Crippen molar-refractivity contribution in [3.63, 3.8) is 0 Å². The van der Waals surface area contributed by atoms with Gasteiger partial charge in [-0.1, -0.05) is 33.1 Å². The normalized spacial score (nSPS) is 16.0. The summed E-state index contributed by atoms with van der Waals surface area (Å²) >= 11 is 0. The minimum absolute atomic E-state index is 0.00267. The number of benzene rings is 1. The van der Waals surface area contributed by atoms with E-state index in [0.29, 0.717) is 18.6 Å². The molecule has 1 aliphatic rings. The van der Waals surface area contributed by atoms with E-state index in [1.807, 2.05) is 0 Å². The van der Waals surface area contributed by atoms with E-state index in [1.165, 1.54) is 29.4 Å². The van der Waals surface area contributed by atoms with E-state index in [-0.39, 0.29) is 21.9 Å². The van der Waals surface area contributed by atoms with Crippen molar-refractivity contribution >= 4 is 32.8 Å². The van der Waals surface area contributed by atoms with Crippen LogP contribution in [0.15, 0.2) is 34.0 Å². The van der Waals surface area contributed by atoms with Gasteiger partial charge < -0.3 is 15.0 Å². The Bertz CT molecular complexity index is 1180. The van der Waals surface area contributed by atoms with Crippen molar-refractivity contribution < 1.29 is 22.7 Å². The Morgan fingerprint density at radius 2 is 1.82 bits per heavy atom. The highest BCUT2D eigenvalue weighted by Gasteiger charge is 2.26.